The van der Waals surface area contributed by atoms with Gasteiger partial charge in [-0.15, -0.1) is 0 Å². The van der Waals surface area contributed by atoms with Crippen molar-refractivity contribution in [3.05, 3.63) is 69.9 Å². The second-order valence-electron chi connectivity index (χ2n) is 8.86. The van der Waals surface area contributed by atoms with Crippen molar-refractivity contribution in [2.24, 2.45) is 4.99 Å². The molecule has 0 aromatic heterocycles. The molecule has 1 atom stereocenters. The van der Waals surface area contributed by atoms with E-state index in [9.17, 15) is 9.59 Å². The van der Waals surface area contributed by atoms with Crippen LogP contribution in [0.5, 0.6) is 23.0 Å². The number of rotatable bonds is 9. The van der Waals surface area contributed by atoms with Gasteiger partial charge in [-0.1, -0.05) is 17.8 Å². The first kappa shape index (κ1) is 26.5. The Kier molecular flexibility index (Phi) is 7.69. The van der Waals surface area contributed by atoms with Crippen molar-refractivity contribution in [1.82, 2.24) is 10.2 Å². The summed E-state index contributed by atoms with van der Waals surface area (Å²) in [5.74, 6) is 1.87. The lowest BCUT2D eigenvalue weighted by atomic mass is 9.92. The number of aliphatic imine (C=N–C) groups is 1. The number of nitrogens with one attached hydrogen (secondary N) is 1. The minimum absolute atomic E-state index is 0.0779. The number of ether oxygens (including phenoxy) is 5. The highest BCUT2D eigenvalue weighted by molar-refractivity contribution is 8.16. The van der Waals surface area contributed by atoms with E-state index in [0.717, 1.165) is 5.56 Å². The third-order valence-electron chi connectivity index (χ3n) is 6.50. The molecule has 0 saturated heterocycles. The molecule has 2 aromatic carbocycles. The van der Waals surface area contributed by atoms with Gasteiger partial charge in [0.05, 0.1) is 44.6 Å². The Hall–Kier alpha value is -4.12. The fraction of sp³-hybridized carbons (Fsp3) is 0.321. The molecule has 1 N–H and O–H groups in total. The van der Waals surface area contributed by atoms with Gasteiger partial charge in [-0.05, 0) is 55.2 Å². The maximum atomic E-state index is 13.2. The van der Waals surface area contributed by atoms with Gasteiger partial charge in [-0.3, -0.25) is 4.79 Å². The predicted molar refractivity (Wildman–Crippen MR) is 146 cm³/mol. The first-order valence-corrected chi connectivity index (χ1v) is 13.3. The first-order chi connectivity index (χ1) is 18.9. The van der Waals surface area contributed by atoms with E-state index in [1.54, 1.807) is 40.2 Å². The number of amides is 1. The molecule has 5 rings (SSSR count). The van der Waals surface area contributed by atoms with Gasteiger partial charge in [0.25, 0.3) is 0 Å². The average molecular weight is 552 g/mol. The summed E-state index contributed by atoms with van der Waals surface area (Å²) in [6.45, 7) is 4.28. The van der Waals surface area contributed by atoms with E-state index in [0.29, 0.717) is 57.2 Å². The number of hydrogen-bond donors (Lipinski definition) is 1. The molecular weight excluding hydrogens is 522 g/mol. The van der Waals surface area contributed by atoms with E-state index in [-0.39, 0.29) is 25.7 Å². The minimum atomic E-state index is -0.635. The lowest BCUT2D eigenvalue weighted by molar-refractivity contribution is -0.139. The van der Waals surface area contributed by atoms with Crippen LogP contribution in [0.3, 0.4) is 0 Å². The summed E-state index contributed by atoms with van der Waals surface area (Å²) in [6, 6.07) is 10.4. The molecule has 1 amide bonds. The molecule has 0 saturated carbocycles. The third-order valence-corrected chi connectivity index (χ3v) is 7.38. The number of thioether (sulfide) groups is 1. The topological polar surface area (TPSA) is 108 Å². The van der Waals surface area contributed by atoms with Gasteiger partial charge in [0, 0.05) is 17.8 Å². The van der Waals surface area contributed by atoms with Gasteiger partial charge >= 0.3 is 5.97 Å². The fourth-order valence-corrected chi connectivity index (χ4v) is 5.63. The Bertz CT molecular complexity index is 1400. The predicted octanol–water partition coefficient (Wildman–Crippen LogP) is 4.28. The summed E-state index contributed by atoms with van der Waals surface area (Å²) >= 11 is 1.40. The number of carbonyl (C=O) groups excluding carboxylic acids is 2. The number of hydrogen-bond acceptors (Lipinski definition) is 10. The SMILES string of the molecule is CCOC(=O)C1=C(C)N=C2SC=C(CC(=O)NCc3ccc4c(c3)OCO4)N2[C@H]1c1cc(OC)ccc1OC. The van der Waals surface area contributed by atoms with Crippen molar-refractivity contribution >= 4 is 28.8 Å². The second kappa shape index (κ2) is 11.3. The van der Waals surface area contributed by atoms with Gasteiger partial charge in [0.15, 0.2) is 16.7 Å². The molecule has 39 heavy (non-hydrogen) atoms. The highest BCUT2D eigenvalue weighted by Crippen LogP contribution is 2.47. The quantitative estimate of drug-likeness (QED) is 0.457. The first-order valence-electron chi connectivity index (χ1n) is 12.4. The lowest BCUT2D eigenvalue weighted by Crippen LogP contribution is -2.38. The third kappa shape index (κ3) is 5.26. The Morgan fingerprint density at radius 3 is 2.72 bits per heavy atom. The summed E-state index contributed by atoms with van der Waals surface area (Å²) in [5, 5.41) is 5.52. The van der Waals surface area contributed by atoms with Crippen LogP contribution in [0.4, 0.5) is 0 Å². The number of nitrogens with zero attached hydrogens (tertiary/aromatic N) is 2. The number of methoxy groups -OCH3 is 2. The highest BCUT2D eigenvalue weighted by atomic mass is 32.2. The van der Waals surface area contributed by atoms with E-state index in [1.165, 1.54) is 11.8 Å². The van der Waals surface area contributed by atoms with E-state index in [4.69, 9.17) is 23.7 Å². The van der Waals surface area contributed by atoms with Crippen LogP contribution in [0.2, 0.25) is 0 Å². The van der Waals surface area contributed by atoms with Gasteiger partial charge in [-0.25, -0.2) is 9.79 Å². The number of allylic oxidation sites excluding steroid dienone is 1. The molecule has 0 unspecified atom stereocenters. The van der Waals surface area contributed by atoms with Crippen LogP contribution in [-0.4, -0.2) is 49.6 Å². The Morgan fingerprint density at radius 2 is 1.95 bits per heavy atom. The zero-order valence-corrected chi connectivity index (χ0v) is 22.9. The monoisotopic (exact) mass is 551 g/mol. The Morgan fingerprint density at radius 1 is 1.13 bits per heavy atom. The van der Waals surface area contributed by atoms with Crippen LogP contribution >= 0.6 is 11.8 Å². The van der Waals surface area contributed by atoms with Gasteiger partial charge in [-0.2, -0.15) is 0 Å². The van der Waals surface area contributed by atoms with Gasteiger partial charge in [0.2, 0.25) is 12.7 Å². The maximum absolute atomic E-state index is 13.2. The molecule has 3 aliphatic rings. The van der Waals surface area contributed by atoms with Crippen molar-refractivity contribution in [1.29, 1.82) is 0 Å². The highest BCUT2D eigenvalue weighted by Gasteiger charge is 2.42. The van der Waals surface area contributed by atoms with Crippen molar-refractivity contribution in [2.75, 3.05) is 27.6 Å². The average Bonchev–Trinajstić information content (AvgIpc) is 3.57. The summed E-state index contributed by atoms with van der Waals surface area (Å²) in [4.78, 5) is 32.9. The number of fused-ring (bicyclic) bond motifs is 2. The lowest BCUT2D eigenvalue weighted by Gasteiger charge is -2.36. The maximum Gasteiger partial charge on any atom is 0.338 e. The van der Waals surface area contributed by atoms with Crippen molar-refractivity contribution < 1.29 is 33.3 Å². The number of amidine groups is 1. The second-order valence-corrected chi connectivity index (χ2v) is 9.70. The zero-order valence-electron chi connectivity index (χ0n) is 22.1. The van der Waals surface area contributed by atoms with Crippen LogP contribution in [0.1, 0.15) is 37.4 Å². The van der Waals surface area contributed by atoms with Gasteiger partial charge < -0.3 is 33.9 Å². The van der Waals surface area contributed by atoms with E-state index in [2.05, 4.69) is 10.3 Å². The van der Waals surface area contributed by atoms with E-state index in [1.807, 2.05) is 34.6 Å². The Balaban J connectivity index is 1.42. The normalized spacial score (nSPS) is 17.3. The summed E-state index contributed by atoms with van der Waals surface area (Å²) in [7, 11) is 3.15. The summed E-state index contributed by atoms with van der Waals surface area (Å²) in [6.07, 6.45) is 0.0779. The van der Waals surface area contributed by atoms with Gasteiger partial charge in [0.1, 0.15) is 11.5 Å². The van der Waals surface area contributed by atoms with Crippen LogP contribution in [-0.2, 0) is 20.9 Å². The molecular formula is C28H29N3O7S. The summed E-state index contributed by atoms with van der Waals surface area (Å²) < 4.78 is 27.4. The summed E-state index contributed by atoms with van der Waals surface area (Å²) in [5.41, 5.74) is 3.21. The molecule has 11 heteroatoms. The minimum Gasteiger partial charge on any atom is -0.497 e. The van der Waals surface area contributed by atoms with Crippen molar-refractivity contribution in [3.8, 4) is 23.0 Å². The van der Waals surface area contributed by atoms with Crippen molar-refractivity contribution in [2.45, 2.75) is 32.9 Å². The molecule has 0 radical (unpaired) electrons. The van der Waals surface area contributed by atoms with Crippen LogP contribution in [0, 0.1) is 0 Å². The Labute approximate surface area is 230 Å². The van der Waals surface area contributed by atoms with Crippen LogP contribution < -0.4 is 24.3 Å². The molecule has 0 spiro atoms. The zero-order chi connectivity index (χ0) is 27.5. The molecule has 3 aliphatic heterocycles. The van der Waals surface area contributed by atoms with Crippen LogP contribution in [0.15, 0.2) is 63.8 Å². The molecule has 2 aromatic rings. The van der Waals surface area contributed by atoms with E-state index >= 15 is 0 Å². The van der Waals surface area contributed by atoms with Crippen LogP contribution in [0.25, 0.3) is 0 Å². The largest absolute Gasteiger partial charge is 0.497 e. The van der Waals surface area contributed by atoms with E-state index < -0.39 is 12.0 Å². The smallest absolute Gasteiger partial charge is 0.338 e. The number of benzene rings is 2. The standard InChI is InChI=1S/C28H29N3O7S/c1-5-36-27(33)25-16(2)30-28-31(26(25)20-12-19(34-3)7-9-21(20)35-4)18(14-39-28)11-24(32)29-13-17-6-8-22-23(10-17)38-15-37-22/h6-10,12,14,26H,5,11,13,15H2,1-4H3,(H,29,32)/t26-/m0/s1. The molecule has 3 heterocycles. The molecule has 0 fully saturated rings. The number of esters is 1. The molecule has 0 aliphatic carbocycles. The fourth-order valence-electron chi connectivity index (χ4n) is 4.67. The number of carbonyl (C=O) groups is 2. The molecule has 0 bridgehead atoms. The molecule has 10 nitrogen and oxygen atoms in total. The molecule has 204 valence electrons. The van der Waals surface area contributed by atoms with Crippen molar-refractivity contribution in [3.63, 3.8) is 0 Å².